The number of hydrogen-bond acceptors (Lipinski definition) is 2. The van der Waals surface area contributed by atoms with Gasteiger partial charge in [-0.3, -0.25) is 4.79 Å². The summed E-state index contributed by atoms with van der Waals surface area (Å²) in [6.45, 7) is 7.59. The fourth-order valence-corrected chi connectivity index (χ4v) is 2.60. The summed E-state index contributed by atoms with van der Waals surface area (Å²) >= 11 is 0. The fraction of sp³-hybridized carbons (Fsp3) is 0.364. The molecule has 5 nitrogen and oxygen atoms in total. The molecule has 0 aliphatic carbocycles. The van der Waals surface area contributed by atoms with Crippen LogP contribution in [0.5, 0.6) is 0 Å². The lowest BCUT2D eigenvalue weighted by molar-refractivity contribution is -0.118. The van der Waals surface area contributed by atoms with Gasteiger partial charge in [-0.2, -0.15) is 0 Å². The van der Waals surface area contributed by atoms with Crippen LogP contribution in [0.4, 0.5) is 16.2 Å². The van der Waals surface area contributed by atoms with Gasteiger partial charge in [-0.05, 0) is 49.9 Å². The fourth-order valence-electron chi connectivity index (χ4n) is 2.60. The van der Waals surface area contributed by atoms with Crippen molar-refractivity contribution in [1.29, 1.82) is 0 Å². The summed E-state index contributed by atoms with van der Waals surface area (Å²) in [4.78, 5) is 24.2. The van der Waals surface area contributed by atoms with Crippen molar-refractivity contribution in [1.82, 2.24) is 5.32 Å². The molecule has 27 heavy (non-hydrogen) atoms. The second-order valence-corrected chi connectivity index (χ2v) is 7.20. The average Bonchev–Trinajstić information content (AvgIpc) is 2.63. The number of hydrogen-bond donors (Lipinski definition) is 3. The Morgan fingerprint density at radius 2 is 1.67 bits per heavy atom. The molecule has 0 aliphatic heterocycles. The lowest BCUT2D eigenvalue weighted by atomic mass is 10.1. The summed E-state index contributed by atoms with van der Waals surface area (Å²) in [5, 5.41) is 8.70. The van der Waals surface area contributed by atoms with E-state index in [1.54, 1.807) is 6.07 Å². The highest BCUT2D eigenvalue weighted by Gasteiger charge is 2.11. The smallest absolute Gasteiger partial charge is 0.319 e. The van der Waals surface area contributed by atoms with Gasteiger partial charge in [0.2, 0.25) is 5.91 Å². The molecule has 0 aliphatic rings. The lowest BCUT2D eigenvalue weighted by Gasteiger charge is -2.16. The van der Waals surface area contributed by atoms with Crippen molar-refractivity contribution in [3.8, 4) is 0 Å². The highest BCUT2D eigenvalue weighted by Crippen LogP contribution is 2.21. The number of urea groups is 1. The van der Waals surface area contributed by atoms with Gasteiger partial charge >= 0.3 is 6.03 Å². The number of rotatable bonds is 7. The van der Waals surface area contributed by atoms with Crippen LogP contribution in [0.25, 0.3) is 0 Å². The average molecular weight is 367 g/mol. The largest absolute Gasteiger partial charge is 0.335 e. The van der Waals surface area contributed by atoms with Crippen LogP contribution in [-0.2, 0) is 11.2 Å². The van der Waals surface area contributed by atoms with Crippen LogP contribution in [0.1, 0.15) is 38.3 Å². The summed E-state index contributed by atoms with van der Waals surface area (Å²) in [6.07, 6.45) is 1.78. The minimum Gasteiger partial charge on any atom is -0.335 e. The van der Waals surface area contributed by atoms with Gasteiger partial charge in [-0.1, -0.05) is 50.2 Å². The maximum atomic E-state index is 12.3. The van der Waals surface area contributed by atoms with E-state index in [0.717, 1.165) is 18.4 Å². The Morgan fingerprint density at radius 3 is 2.33 bits per heavy atom. The van der Waals surface area contributed by atoms with Crippen molar-refractivity contribution in [3.63, 3.8) is 0 Å². The molecule has 1 atom stereocenters. The van der Waals surface area contributed by atoms with Crippen molar-refractivity contribution < 1.29 is 9.59 Å². The van der Waals surface area contributed by atoms with E-state index in [1.807, 2.05) is 58.0 Å². The topological polar surface area (TPSA) is 70.2 Å². The predicted molar refractivity (Wildman–Crippen MR) is 111 cm³/mol. The van der Waals surface area contributed by atoms with Crippen LogP contribution in [-0.4, -0.2) is 18.0 Å². The highest BCUT2D eigenvalue weighted by atomic mass is 16.2. The highest BCUT2D eigenvalue weighted by molar-refractivity contribution is 5.94. The Labute approximate surface area is 161 Å². The Kier molecular flexibility index (Phi) is 7.41. The summed E-state index contributed by atoms with van der Waals surface area (Å²) in [7, 11) is 0. The van der Waals surface area contributed by atoms with Crippen LogP contribution in [0.15, 0.2) is 48.5 Å². The van der Waals surface area contributed by atoms with Gasteiger partial charge in [-0.15, -0.1) is 0 Å². The van der Waals surface area contributed by atoms with Crippen molar-refractivity contribution in [2.75, 3.05) is 10.6 Å². The minimum atomic E-state index is -0.244. The molecule has 0 saturated carbocycles. The molecule has 2 aromatic carbocycles. The normalized spacial score (nSPS) is 11.7. The molecule has 0 fully saturated rings. The third-order valence-electron chi connectivity index (χ3n) is 4.36. The summed E-state index contributed by atoms with van der Waals surface area (Å²) in [5.41, 5.74) is 3.55. The van der Waals surface area contributed by atoms with Gasteiger partial charge in [0.1, 0.15) is 0 Å². The first-order chi connectivity index (χ1) is 12.8. The standard InChI is InChI=1S/C22H29N3O2/c1-15(2)21(26)24-19-13-10-16(3)20(14-19)25-22(27)23-17(4)11-12-18-8-6-5-7-9-18/h5-10,13-15,17H,11-12H2,1-4H3,(H,24,26)(H2,23,25,27). The molecular weight excluding hydrogens is 338 g/mol. The first kappa shape index (κ1) is 20.5. The third-order valence-corrected chi connectivity index (χ3v) is 4.36. The molecule has 0 spiro atoms. The van der Waals surface area contributed by atoms with E-state index in [2.05, 4.69) is 28.1 Å². The number of amides is 3. The van der Waals surface area contributed by atoms with E-state index in [1.165, 1.54) is 5.56 Å². The zero-order valence-corrected chi connectivity index (χ0v) is 16.5. The van der Waals surface area contributed by atoms with Gasteiger partial charge in [-0.25, -0.2) is 4.79 Å². The van der Waals surface area contributed by atoms with E-state index >= 15 is 0 Å². The molecule has 0 radical (unpaired) electrons. The molecule has 3 amide bonds. The Hall–Kier alpha value is -2.82. The van der Waals surface area contributed by atoms with Gasteiger partial charge in [0, 0.05) is 23.3 Å². The molecule has 144 valence electrons. The zero-order chi connectivity index (χ0) is 19.8. The second-order valence-electron chi connectivity index (χ2n) is 7.20. The van der Waals surface area contributed by atoms with Crippen molar-refractivity contribution in [2.45, 2.75) is 46.6 Å². The van der Waals surface area contributed by atoms with E-state index in [0.29, 0.717) is 11.4 Å². The molecule has 2 rings (SSSR count). The molecule has 5 heteroatoms. The van der Waals surface area contributed by atoms with Crippen LogP contribution < -0.4 is 16.0 Å². The molecule has 0 saturated heterocycles. The molecule has 3 N–H and O–H groups in total. The number of nitrogens with one attached hydrogen (secondary N) is 3. The Balaban J connectivity index is 1.89. The number of aryl methyl sites for hydroxylation is 2. The van der Waals surface area contributed by atoms with Gasteiger partial charge in [0.15, 0.2) is 0 Å². The monoisotopic (exact) mass is 367 g/mol. The second kappa shape index (κ2) is 9.76. The minimum absolute atomic E-state index is 0.0503. The van der Waals surface area contributed by atoms with Crippen LogP contribution in [0.2, 0.25) is 0 Å². The maximum absolute atomic E-state index is 12.3. The van der Waals surface area contributed by atoms with E-state index in [-0.39, 0.29) is 23.9 Å². The SMILES string of the molecule is Cc1ccc(NC(=O)C(C)C)cc1NC(=O)NC(C)CCc1ccccc1. The summed E-state index contributed by atoms with van der Waals surface area (Å²) < 4.78 is 0. The Bertz CT molecular complexity index is 772. The molecule has 0 bridgehead atoms. The van der Waals surface area contributed by atoms with Crippen LogP contribution in [0, 0.1) is 12.8 Å². The van der Waals surface area contributed by atoms with E-state index < -0.39 is 0 Å². The van der Waals surface area contributed by atoms with Crippen molar-refractivity contribution in [3.05, 3.63) is 59.7 Å². The summed E-state index contributed by atoms with van der Waals surface area (Å²) in [5.74, 6) is -0.153. The maximum Gasteiger partial charge on any atom is 0.319 e. The quantitative estimate of drug-likeness (QED) is 0.662. The number of carbonyl (C=O) groups is 2. The number of anilines is 2. The molecular formula is C22H29N3O2. The van der Waals surface area contributed by atoms with Gasteiger partial charge in [0.25, 0.3) is 0 Å². The first-order valence-corrected chi connectivity index (χ1v) is 9.38. The molecule has 2 aromatic rings. The first-order valence-electron chi connectivity index (χ1n) is 9.38. The molecule has 0 aromatic heterocycles. The van der Waals surface area contributed by atoms with Crippen molar-refractivity contribution >= 4 is 23.3 Å². The third kappa shape index (κ3) is 6.77. The van der Waals surface area contributed by atoms with E-state index in [9.17, 15) is 9.59 Å². The number of carbonyl (C=O) groups excluding carboxylic acids is 2. The lowest BCUT2D eigenvalue weighted by Crippen LogP contribution is -2.36. The molecule has 1 unspecified atom stereocenters. The van der Waals surface area contributed by atoms with Crippen LogP contribution in [0.3, 0.4) is 0 Å². The summed E-state index contributed by atoms with van der Waals surface area (Å²) in [6, 6.07) is 15.5. The zero-order valence-electron chi connectivity index (χ0n) is 16.5. The predicted octanol–water partition coefficient (Wildman–Crippen LogP) is 4.73. The van der Waals surface area contributed by atoms with Gasteiger partial charge in [0.05, 0.1) is 0 Å². The number of benzene rings is 2. The van der Waals surface area contributed by atoms with Crippen LogP contribution >= 0.6 is 0 Å². The van der Waals surface area contributed by atoms with E-state index in [4.69, 9.17) is 0 Å². The Morgan fingerprint density at radius 1 is 0.963 bits per heavy atom. The molecule has 0 heterocycles. The van der Waals surface area contributed by atoms with Gasteiger partial charge < -0.3 is 16.0 Å². The van der Waals surface area contributed by atoms with Crippen molar-refractivity contribution in [2.24, 2.45) is 5.92 Å².